The van der Waals surface area contributed by atoms with Crippen molar-refractivity contribution >= 4 is 24.1 Å². The summed E-state index contributed by atoms with van der Waals surface area (Å²) in [7, 11) is -0.408. The van der Waals surface area contributed by atoms with Gasteiger partial charge in [0.05, 0.1) is 6.57 Å². The summed E-state index contributed by atoms with van der Waals surface area (Å²) in [6, 6.07) is 11.3. The van der Waals surface area contributed by atoms with E-state index in [2.05, 4.69) is 24.0 Å². The molecule has 1 aliphatic rings. The first kappa shape index (κ1) is 14.3. The first-order valence-electron chi connectivity index (χ1n) is 10.3. The van der Waals surface area contributed by atoms with Crippen LogP contribution in [-0.4, -0.2) is 8.07 Å². The number of hydrogen-bond donors (Lipinski definition) is 0. The Hall–Kier alpha value is -2.77. The fourth-order valence-electron chi connectivity index (χ4n) is 4.27. The minimum absolute atomic E-state index is 0.277. The molecular formula is C23H22FN2Si+. The molecule has 0 N–H and O–H groups in total. The number of rotatable bonds is 1. The fourth-order valence-corrected chi connectivity index (χ4v) is 7.78. The summed E-state index contributed by atoms with van der Waals surface area (Å²) >= 11 is 0. The summed E-state index contributed by atoms with van der Waals surface area (Å²) in [4.78, 5) is 3.60. The van der Waals surface area contributed by atoms with Crippen molar-refractivity contribution < 1.29 is 13.1 Å². The minimum Gasteiger partial charge on any atom is -0.238 e. The van der Waals surface area contributed by atoms with Crippen molar-refractivity contribution in [2.45, 2.75) is 26.9 Å². The Kier molecular flexibility index (Phi) is 3.11. The molecule has 0 spiro atoms. The monoisotopic (exact) mass is 376 g/mol. The van der Waals surface area contributed by atoms with Crippen LogP contribution >= 0.6 is 0 Å². The lowest BCUT2D eigenvalue weighted by atomic mass is 9.97. The van der Waals surface area contributed by atoms with E-state index in [1.807, 2.05) is 31.2 Å². The van der Waals surface area contributed by atoms with E-state index < -0.39 is 20.7 Å². The summed E-state index contributed by atoms with van der Waals surface area (Å²) in [6.45, 7) is 11.4. The molecule has 0 bridgehead atoms. The van der Waals surface area contributed by atoms with Crippen molar-refractivity contribution in [3.8, 4) is 22.4 Å². The predicted molar refractivity (Wildman–Crippen MR) is 111 cm³/mol. The summed E-state index contributed by atoms with van der Waals surface area (Å²) < 4.78 is 39.4. The van der Waals surface area contributed by atoms with Gasteiger partial charge in [0, 0.05) is 21.3 Å². The lowest BCUT2D eigenvalue weighted by molar-refractivity contribution is -0.661. The van der Waals surface area contributed by atoms with Gasteiger partial charge in [-0.1, -0.05) is 48.6 Å². The Morgan fingerprint density at radius 2 is 1.85 bits per heavy atom. The van der Waals surface area contributed by atoms with Gasteiger partial charge in [-0.3, -0.25) is 0 Å². The van der Waals surface area contributed by atoms with Gasteiger partial charge < -0.3 is 0 Å². The zero-order valence-electron chi connectivity index (χ0n) is 18.8. The number of nitrogens with zero attached hydrogens (tertiary/aromatic N) is 2. The number of halogens is 1. The van der Waals surface area contributed by atoms with Gasteiger partial charge in [0.1, 0.15) is 20.9 Å². The molecule has 2 nitrogen and oxygen atoms in total. The average molecular weight is 377 g/mol. The highest BCUT2D eigenvalue weighted by molar-refractivity contribution is 7.04. The van der Waals surface area contributed by atoms with Crippen LogP contribution < -0.4 is 14.9 Å². The molecule has 0 fully saturated rings. The number of aryl methyl sites for hydroxylation is 3. The van der Waals surface area contributed by atoms with E-state index in [1.54, 1.807) is 11.6 Å². The van der Waals surface area contributed by atoms with Gasteiger partial charge in [-0.2, -0.15) is 0 Å². The van der Waals surface area contributed by atoms with Crippen molar-refractivity contribution in [1.29, 1.82) is 0 Å². The molecule has 1 aromatic heterocycles. The van der Waals surface area contributed by atoms with Gasteiger partial charge in [0.15, 0.2) is 11.9 Å². The molecule has 4 rings (SSSR count). The number of fused-ring (bicyclic) bond motifs is 3. The van der Waals surface area contributed by atoms with Crippen molar-refractivity contribution in [3.05, 3.63) is 71.0 Å². The van der Waals surface area contributed by atoms with Crippen LogP contribution in [0.25, 0.3) is 27.2 Å². The maximum absolute atomic E-state index is 14.9. The molecular weight excluding hydrogens is 351 g/mol. The first-order valence-corrected chi connectivity index (χ1v) is 11.8. The van der Waals surface area contributed by atoms with E-state index in [4.69, 9.17) is 10.7 Å². The third-order valence-electron chi connectivity index (χ3n) is 5.61. The standard InChI is InChI=1S/C23H22FN2Si/c1-14-7-9-18-17-10-8-16(25-3)11-21(17)27(5,6)23(18)22(14)20-12-19(24)15(2)13-26(20)4/h7-13H,1-2,4-6H3/q+1/i2D3. The quantitative estimate of drug-likeness (QED) is 0.340. The summed E-state index contributed by atoms with van der Waals surface area (Å²) in [5, 5.41) is 2.41. The lowest BCUT2D eigenvalue weighted by Crippen LogP contribution is -2.51. The van der Waals surface area contributed by atoms with E-state index in [-0.39, 0.29) is 5.56 Å². The van der Waals surface area contributed by atoms with Gasteiger partial charge in [-0.25, -0.2) is 13.8 Å². The van der Waals surface area contributed by atoms with E-state index in [1.165, 1.54) is 22.6 Å². The number of aromatic nitrogens is 1. The number of benzene rings is 2. The van der Waals surface area contributed by atoms with Crippen LogP contribution in [0.3, 0.4) is 0 Å². The Balaban J connectivity index is 2.03. The van der Waals surface area contributed by atoms with Gasteiger partial charge in [0.25, 0.3) is 0 Å². The molecule has 2 heterocycles. The molecule has 0 saturated carbocycles. The van der Waals surface area contributed by atoms with Crippen molar-refractivity contribution in [2.75, 3.05) is 0 Å². The highest BCUT2D eigenvalue weighted by Gasteiger charge is 2.41. The Morgan fingerprint density at radius 1 is 1.11 bits per heavy atom. The van der Waals surface area contributed by atoms with Gasteiger partial charge in [-0.05, 0) is 35.7 Å². The molecule has 3 aromatic rings. The van der Waals surface area contributed by atoms with Crippen molar-refractivity contribution in [2.24, 2.45) is 7.05 Å². The molecule has 0 atom stereocenters. The first-order chi connectivity index (χ1) is 14.0. The van der Waals surface area contributed by atoms with Crippen LogP contribution in [0.2, 0.25) is 13.1 Å². The second-order valence-electron chi connectivity index (χ2n) is 7.68. The molecule has 134 valence electrons. The molecule has 0 unspecified atom stereocenters. The third-order valence-corrected chi connectivity index (χ3v) is 9.14. The minimum atomic E-state index is -2.51. The van der Waals surface area contributed by atoms with E-state index >= 15 is 0 Å². The van der Waals surface area contributed by atoms with E-state index in [0.717, 1.165) is 22.3 Å². The van der Waals surface area contributed by atoms with E-state index in [9.17, 15) is 4.39 Å². The Morgan fingerprint density at radius 3 is 2.56 bits per heavy atom. The Labute approximate surface area is 165 Å². The van der Waals surface area contributed by atoms with Crippen LogP contribution in [0.15, 0.2) is 42.6 Å². The summed E-state index contributed by atoms with van der Waals surface area (Å²) in [5.74, 6) is -0.717. The zero-order chi connectivity index (χ0) is 22.0. The van der Waals surface area contributed by atoms with Crippen LogP contribution in [0.4, 0.5) is 10.1 Å². The lowest BCUT2D eigenvalue weighted by Gasteiger charge is -2.22. The number of hydrogen-bond acceptors (Lipinski definition) is 0. The van der Waals surface area contributed by atoms with Crippen molar-refractivity contribution in [3.63, 3.8) is 0 Å². The highest BCUT2D eigenvalue weighted by atomic mass is 28.3. The fraction of sp³-hybridized carbons (Fsp3) is 0.217. The highest BCUT2D eigenvalue weighted by Crippen LogP contribution is 2.35. The molecule has 0 saturated heterocycles. The summed E-state index contributed by atoms with van der Waals surface area (Å²) in [6.07, 6.45) is 1.38. The van der Waals surface area contributed by atoms with Crippen LogP contribution in [0.5, 0.6) is 0 Å². The van der Waals surface area contributed by atoms with Gasteiger partial charge >= 0.3 is 0 Å². The second-order valence-corrected chi connectivity index (χ2v) is 12.0. The zero-order valence-corrected chi connectivity index (χ0v) is 16.8. The molecule has 2 aromatic carbocycles. The molecule has 1 aliphatic heterocycles. The molecule has 0 amide bonds. The van der Waals surface area contributed by atoms with Gasteiger partial charge in [-0.15, -0.1) is 0 Å². The normalized spacial score (nSPS) is 15.9. The third kappa shape index (κ3) is 2.46. The maximum atomic E-state index is 14.9. The SMILES string of the molecule is [2H]C([2H])([2H])c1c[n+](C)c(-c2c(C)ccc3c2[Si](C)(C)c2cc([N+]#[C-])ccc2-3)cc1F. The van der Waals surface area contributed by atoms with Crippen LogP contribution in [0.1, 0.15) is 15.2 Å². The topological polar surface area (TPSA) is 8.24 Å². The van der Waals surface area contributed by atoms with Crippen LogP contribution in [0, 0.1) is 26.2 Å². The predicted octanol–water partition coefficient (Wildman–Crippen LogP) is 4.29. The molecule has 4 heteroatoms. The molecule has 0 aliphatic carbocycles. The summed E-state index contributed by atoms with van der Waals surface area (Å²) in [5.41, 5.74) is 5.25. The Bertz CT molecular complexity index is 1260. The van der Waals surface area contributed by atoms with Gasteiger partial charge in [0.2, 0.25) is 5.69 Å². The number of pyridine rings is 1. The molecule has 0 radical (unpaired) electrons. The average Bonchev–Trinajstić information content (AvgIpc) is 2.89. The largest absolute Gasteiger partial charge is 0.238 e. The van der Waals surface area contributed by atoms with Crippen molar-refractivity contribution in [1.82, 2.24) is 0 Å². The smallest absolute Gasteiger partial charge is 0.215 e. The maximum Gasteiger partial charge on any atom is 0.215 e. The van der Waals surface area contributed by atoms with Crippen LogP contribution in [-0.2, 0) is 7.05 Å². The molecule has 27 heavy (non-hydrogen) atoms. The second kappa shape index (κ2) is 5.87. The van der Waals surface area contributed by atoms with E-state index in [0.29, 0.717) is 11.4 Å².